The maximum absolute atomic E-state index is 12.4. The summed E-state index contributed by atoms with van der Waals surface area (Å²) in [6.07, 6.45) is 1.69. The lowest BCUT2D eigenvalue weighted by Crippen LogP contribution is -2.22. The number of nitrogens with one attached hydrogen (secondary N) is 2. The van der Waals surface area contributed by atoms with Gasteiger partial charge in [-0.3, -0.25) is 4.79 Å². The highest BCUT2D eigenvalue weighted by molar-refractivity contribution is 6.31. The second kappa shape index (κ2) is 9.60. The van der Waals surface area contributed by atoms with E-state index in [9.17, 15) is 4.79 Å². The highest BCUT2D eigenvalue weighted by Gasteiger charge is 2.08. The highest BCUT2D eigenvalue weighted by atomic mass is 35.5. The summed E-state index contributed by atoms with van der Waals surface area (Å²) in [5, 5.41) is 7.34. The maximum Gasteiger partial charge on any atom is 0.251 e. The van der Waals surface area contributed by atoms with Crippen molar-refractivity contribution in [1.29, 1.82) is 0 Å². The minimum Gasteiger partial charge on any atom is -0.348 e. The third-order valence-electron chi connectivity index (χ3n) is 4.60. The molecule has 0 aliphatic carbocycles. The first kappa shape index (κ1) is 20.8. The zero-order valence-corrected chi connectivity index (χ0v) is 17.9. The molecule has 3 aromatic carbocycles. The predicted octanol–water partition coefficient (Wildman–Crippen LogP) is 6.12. The molecule has 0 saturated heterocycles. The summed E-state index contributed by atoms with van der Waals surface area (Å²) >= 11 is 12.1. The quantitative estimate of drug-likeness (QED) is 0.372. The van der Waals surface area contributed by atoms with Crippen LogP contribution in [0.2, 0.25) is 10.0 Å². The number of amides is 1. The predicted molar refractivity (Wildman–Crippen MR) is 125 cm³/mol. The highest BCUT2D eigenvalue weighted by Crippen LogP contribution is 2.22. The minimum absolute atomic E-state index is 0.174. The molecule has 31 heavy (non-hydrogen) atoms. The van der Waals surface area contributed by atoms with Crippen molar-refractivity contribution in [2.24, 2.45) is 0 Å². The number of rotatable bonds is 6. The summed E-state index contributed by atoms with van der Waals surface area (Å²) in [5.41, 5.74) is 3.92. The van der Waals surface area contributed by atoms with Crippen LogP contribution in [0.3, 0.4) is 0 Å². The summed E-state index contributed by atoms with van der Waals surface area (Å²) in [5.74, 6) is 0.288. The first-order valence-electron chi connectivity index (χ1n) is 9.56. The molecule has 0 saturated carbocycles. The average Bonchev–Trinajstić information content (AvgIpc) is 2.79. The van der Waals surface area contributed by atoms with Crippen LogP contribution >= 0.6 is 23.2 Å². The molecule has 1 amide bonds. The van der Waals surface area contributed by atoms with Gasteiger partial charge in [-0.1, -0.05) is 53.5 Å². The Morgan fingerprint density at radius 3 is 2.35 bits per heavy atom. The zero-order valence-electron chi connectivity index (χ0n) is 16.3. The molecule has 154 valence electrons. The normalized spacial score (nSPS) is 10.5. The fourth-order valence-electron chi connectivity index (χ4n) is 2.95. The summed E-state index contributed by atoms with van der Waals surface area (Å²) in [4.78, 5) is 21.2. The van der Waals surface area contributed by atoms with Crippen molar-refractivity contribution in [3.63, 3.8) is 0 Å². The molecule has 5 nitrogen and oxygen atoms in total. The van der Waals surface area contributed by atoms with E-state index in [1.54, 1.807) is 24.4 Å². The lowest BCUT2D eigenvalue weighted by Gasteiger charge is -2.09. The van der Waals surface area contributed by atoms with Gasteiger partial charge >= 0.3 is 0 Å². The Morgan fingerprint density at radius 2 is 1.61 bits per heavy atom. The van der Waals surface area contributed by atoms with Gasteiger partial charge < -0.3 is 10.6 Å². The number of hydrogen-bond donors (Lipinski definition) is 2. The van der Waals surface area contributed by atoms with E-state index in [0.29, 0.717) is 28.1 Å². The molecule has 0 aliphatic heterocycles. The summed E-state index contributed by atoms with van der Waals surface area (Å²) in [7, 11) is 0. The first-order chi connectivity index (χ1) is 15.1. The fourth-order valence-corrected chi connectivity index (χ4v) is 3.28. The van der Waals surface area contributed by atoms with E-state index in [1.807, 2.05) is 60.7 Å². The molecular weight excluding hydrogens is 431 g/mol. The lowest BCUT2D eigenvalue weighted by molar-refractivity contribution is 0.0951. The summed E-state index contributed by atoms with van der Waals surface area (Å²) < 4.78 is 0. The molecule has 1 heterocycles. The Hall–Kier alpha value is -3.41. The molecule has 7 heteroatoms. The molecule has 0 fully saturated rings. The second-order valence-corrected chi connectivity index (χ2v) is 7.59. The topological polar surface area (TPSA) is 66.9 Å². The van der Waals surface area contributed by atoms with Crippen LogP contribution in [0.25, 0.3) is 11.3 Å². The van der Waals surface area contributed by atoms with Gasteiger partial charge in [0.1, 0.15) is 0 Å². The van der Waals surface area contributed by atoms with E-state index < -0.39 is 0 Å². The average molecular weight is 449 g/mol. The molecule has 4 rings (SSSR count). The number of aromatic nitrogens is 2. The number of hydrogen-bond acceptors (Lipinski definition) is 4. The number of carbonyl (C=O) groups is 1. The van der Waals surface area contributed by atoms with E-state index in [4.69, 9.17) is 23.2 Å². The van der Waals surface area contributed by atoms with Gasteiger partial charge in [0.05, 0.1) is 5.69 Å². The Bertz CT molecular complexity index is 1190. The van der Waals surface area contributed by atoms with Crippen LogP contribution in [-0.4, -0.2) is 15.9 Å². The Kier molecular flexibility index (Phi) is 6.46. The fraction of sp³-hybridized carbons (Fsp3) is 0.0417. The Labute approximate surface area is 190 Å². The van der Waals surface area contributed by atoms with Crippen molar-refractivity contribution >= 4 is 40.7 Å². The van der Waals surface area contributed by atoms with Crippen LogP contribution < -0.4 is 10.6 Å². The van der Waals surface area contributed by atoms with Gasteiger partial charge in [-0.25, -0.2) is 9.97 Å². The van der Waals surface area contributed by atoms with Crippen molar-refractivity contribution in [2.75, 3.05) is 5.32 Å². The smallest absolute Gasteiger partial charge is 0.251 e. The minimum atomic E-state index is -0.174. The second-order valence-electron chi connectivity index (χ2n) is 6.75. The largest absolute Gasteiger partial charge is 0.348 e. The van der Waals surface area contributed by atoms with E-state index in [2.05, 4.69) is 20.6 Å². The van der Waals surface area contributed by atoms with Gasteiger partial charge in [-0.05, 0) is 54.1 Å². The number of anilines is 2. The van der Waals surface area contributed by atoms with Gasteiger partial charge in [0, 0.05) is 39.6 Å². The van der Waals surface area contributed by atoms with Crippen molar-refractivity contribution < 1.29 is 4.79 Å². The van der Waals surface area contributed by atoms with Crippen molar-refractivity contribution in [3.05, 3.63) is 106 Å². The molecule has 0 aliphatic rings. The van der Waals surface area contributed by atoms with Crippen molar-refractivity contribution in [3.8, 4) is 11.3 Å². The third kappa shape index (κ3) is 5.40. The van der Waals surface area contributed by atoms with Gasteiger partial charge in [0.25, 0.3) is 5.91 Å². The van der Waals surface area contributed by atoms with E-state index in [0.717, 1.165) is 22.5 Å². The van der Waals surface area contributed by atoms with Crippen molar-refractivity contribution in [1.82, 2.24) is 15.3 Å². The molecule has 0 radical (unpaired) electrons. The molecule has 0 bridgehead atoms. The van der Waals surface area contributed by atoms with Gasteiger partial charge in [-0.2, -0.15) is 0 Å². The number of carbonyl (C=O) groups excluding carboxylic acids is 1. The molecule has 4 aromatic rings. The Balaban J connectivity index is 1.40. The van der Waals surface area contributed by atoms with Gasteiger partial charge in [-0.15, -0.1) is 0 Å². The molecule has 0 atom stereocenters. The lowest BCUT2D eigenvalue weighted by atomic mass is 10.1. The number of nitrogens with zero attached hydrogens (tertiary/aromatic N) is 2. The van der Waals surface area contributed by atoms with Crippen LogP contribution in [0.1, 0.15) is 15.9 Å². The van der Waals surface area contributed by atoms with Crippen LogP contribution in [-0.2, 0) is 6.54 Å². The molecule has 0 spiro atoms. The molecular formula is C24H18Cl2N4O. The summed E-state index contributed by atoms with van der Waals surface area (Å²) in [6.45, 7) is 0.365. The first-order valence-corrected chi connectivity index (χ1v) is 10.3. The molecule has 1 aromatic heterocycles. The number of halogens is 2. The maximum atomic E-state index is 12.4. The monoisotopic (exact) mass is 448 g/mol. The number of benzene rings is 3. The third-order valence-corrected chi connectivity index (χ3v) is 5.22. The van der Waals surface area contributed by atoms with Crippen LogP contribution in [0.15, 0.2) is 85.1 Å². The van der Waals surface area contributed by atoms with Gasteiger partial charge in [0.15, 0.2) is 0 Å². The van der Waals surface area contributed by atoms with Crippen molar-refractivity contribution in [2.45, 2.75) is 6.54 Å². The van der Waals surface area contributed by atoms with E-state index in [1.165, 1.54) is 0 Å². The van der Waals surface area contributed by atoms with E-state index >= 15 is 0 Å². The van der Waals surface area contributed by atoms with Crippen LogP contribution in [0.5, 0.6) is 0 Å². The zero-order chi connectivity index (χ0) is 21.6. The molecule has 0 unspecified atom stereocenters. The standard InChI is InChI=1S/C24H18Cl2N4O/c25-19-9-5-16(6-10-19)22-13-14-27-24(30-22)29-20-11-7-17(8-12-20)23(31)28-15-18-3-1-2-4-21(18)26/h1-14H,15H2,(H,28,31)(H,27,29,30). The SMILES string of the molecule is O=C(NCc1ccccc1Cl)c1ccc(Nc2nccc(-c3ccc(Cl)cc3)n2)cc1. The Morgan fingerprint density at radius 1 is 0.871 bits per heavy atom. The van der Waals surface area contributed by atoms with Crippen LogP contribution in [0, 0.1) is 0 Å². The van der Waals surface area contributed by atoms with Gasteiger partial charge in [0.2, 0.25) is 5.95 Å². The van der Waals surface area contributed by atoms with E-state index in [-0.39, 0.29) is 5.91 Å². The molecule has 2 N–H and O–H groups in total. The summed E-state index contributed by atoms with van der Waals surface area (Å²) in [6, 6.07) is 23.8. The van der Waals surface area contributed by atoms with Crippen LogP contribution in [0.4, 0.5) is 11.6 Å².